The molecule has 2 heterocycles. The summed E-state index contributed by atoms with van der Waals surface area (Å²) in [4.78, 5) is 2.88. The van der Waals surface area contributed by atoms with Crippen molar-refractivity contribution >= 4 is 10.0 Å². The van der Waals surface area contributed by atoms with Crippen molar-refractivity contribution in [3.63, 3.8) is 0 Å². The smallest absolute Gasteiger partial charge is 0.243 e. The molecule has 0 aliphatic carbocycles. The topological polar surface area (TPSA) is 49.9 Å². The Hall–Kier alpha value is -1.89. The molecule has 0 amide bonds. The van der Waals surface area contributed by atoms with E-state index in [9.17, 15) is 8.42 Å². The molecule has 1 fully saturated rings. The molecule has 2 aliphatic rings. The minimum absolute atomic E-state index is 0.355. The average molecular weight is 415 g/mol. The van der Waals surface area contributed by atoms with Gasteiger partial charge in [-0.3, -0.25) is 0 Å². The minimum atomic E-state index is -3.46. The molecule has 0 aromatic heterocycles. The van der Waals surface area contributed by atoms with Crippen molar-refractivity contribution in [2.75, 3.05) is 32.8 Å². The molecule has 2 aromatic carbocycles. The summed E-state index contributed by atoms with van der Waals surface area (Å²) in [7, 11) is -3.46. The largest absolute Gasteiger partial charge is 0.493 e. The first-order valence-corrected chi connectivity index (χ1v) is 12.1. The second-order valence-corrected chi connectivity index (χ2v) is 9.84. The molecule has 0 saturated carbocycles. The molecule has 1 saturated heterocycles. The van der Waals surface area contributed by atoms with Crippen molar-refractivity contribution in [2.24, 2.45) is 0 Å². The Labute approximate surface area is 174 Å². The number of likely N-dealkylation sites (tertiary alicyclic amines) is 1. The van der Waals surface area contributed by atoms with E-state index >= 15 is 0 Å². The summed E-state index contributed by atoms with van der Waals surface area (Å²) in [6.45, 7) is 5.12. The molecular weight excluding hydrogens is 384 g/mol. The fraction of sp³-hybridized carbons (Fsp3) is 0.478. The number of rotatable bonds is 7. The van der Waals surface area contributed by atoms with Crippen LogP contribution in [0.15, 0.2) is 53.4 Å². The van der Waals surface area contributed by atoms with E-state index in [1.165, 1.54) is 32.4 Å². The third-order valence-corrected chi connectivity index (χ3v) is 7.75. The van der Waals surface area contributed by atoms with E-state index in [-0.39, 0.29) is 0 Å². The van der Waals surface area contributed by atoms with Crippen LogP contribution in [-0.4, -0.2) is 50.4 Å². The van der Waals surface area contributed by atoms with Gasteiger partial charge in [-0.2, -0.15) is 4.31 Å². The number of sulfonamides is 1. The van der Waals surface area contributed by atoms with E-state index in [0.717, 1.165) is 29.8 Å². The number of hydrogen-bond acceptors (Lipinski definition) is 4. The third kappa shape index (κ3) is 4.82. The van der Waals surface area contributed by atoms with Gasteiger partial charge in [-0.25, -0.2) is 8.42 Å². The highest BCUT2D eigenvalue weighted by atomic mass is 32.2. The first-order chi connectivity index (χ1) is 14.1. The van der Waals surface area contributed by atoms with E-state index < -0.39 is 10.0 Å². The maximum absolute atomic E-state index is 12.9. The second kappa shape index (κ2) is 9.28. The van der Waals surface area contributed by atoms with Gasteiger partial charge in [0, 0.05) is 19.6 Å². The molecule has 0 bridgehead atoms. The fourth-order valence-corrected chi connectivity index (χ4v) is 5.72. The van der Waals surface area contributed by atoms with Gasteiger partial charge in [0.25, 0.3) is 0 Å². The van der Waals surface area contributed by atoms with E-state index in [1.54, 1.807) is 28.6 Å². The van der Waals surface area contributed by atoms with Gasteiger partial charge in [0.2, 0.25) is 10.0 Å². The standard InChI is InChI=1S/C23H30N2O3S/c26-29(27,21-10-3-1-4-11-21)25-17-13-22-20(19-25)9-7-12-23(22)28-18-8-16-24-14-5-2-6-15-24/h1,3-4,7,9-12H,2,5-6,8,13-19H2. The highest BCUT2D eigenvalue weighted by Gasteiger charge is 2.29. The molecule has 156 valence electrons. The van der Waals surface area contributed by atoms with Crippen molar-refractivity contribution < 1.29 is 13.2 Å². The lowest BCUT2D eigenvalue weighted by atomic mass is 10.00. The number of piperidine rings is 1. The molecule has 6 heteroatoms. The zero-order valence-electron chi connectivity index (χ0n) is 16.9. The molecule has 4 rings (SSSR count). The Balaban J connectivity index is 1.37. The first-order valence-electron chi connectivity index (χ1n) is 10.7. The van der Waals surface area contributed by atoms with Crippen molar-refractivity contribution in [3.8, 4) is 5.75 Å². The van der Waals surface area contributed by atoms with Crippen molar-refractivity contribution in [2.45, 2.75) is 43.5 Å². The van der Waals surface area contributed by atoms with Crippen molar-refractivity contribution in [1.82, 2.24) is 9.21 Å². The molecular formula is C23H30N2O3S. The number of nitrogens with zero attached hydrogens (tertiary/aromatic N) is 2. The van der Waals surface area contributed by atoms with Gasteiger partial charge in [0.15, 0.2) is 0 Å². The lowest BCUT2D eigenvalue weighted by Gasteiger charge is -2.29. The molecule has 0 N–H and O–H groups in total. The fourth-order valence-electron chi connectivity index (χ4n) is 4.28. The molecule has 0 atom stereocenters. The molecule has 2 aromatic rings. The van der Waals surface area contributed by atoms with Crippen LogP contribution in [0, 0.1) is 0 Å². The van der Waals surface area contributed by atoms with Crippen LogP contribution in [-0.2, 0) is 23.0 Å². The third-order valence-electron chi connectivity index (χ3n) is 5.89. The predicted molar refractivity (Wildman–Crippen MR) is 115 cm³/mol. The Morgan fingerprint density at radius 1 is 0.897 bits per heavy atom. The number of benzene rings is 2. The van der Waals surface area contributed by atoms with Crippen molar-refractivity contribution in [3.05, 3.63) is 59.7 Å². The summed E-state index contributed by atoms with van der Waals surface area (Å²) >= 11 is 0. The maximum atomic E-state index is 12.9. The summed E-state index contributed by atoms with van der Waals surface area (Å²) in [6.07, 6.45) is 5.70. The summed E-state index contributed by atoms with van der Waals surface area (Å²) < 4.78 is 33.5. The zero-order chi connectivity index (χ0) is 20.1. The van der Waals surface area contributed by atoms with Gasteiger partial charge in [0.1, 0.15) is 5.75 Å². The summed E-state index contributed by atoms with van der Waals surface area (Å²) in [5.74, 6) is 0.915. The molecule has 2 aliphatic heterocycles. The molecule has 0 spiro atoms. The number of hydrogen-bond donors (Lipinski definition) is 0. The first kappa shape index (κ1) is 20.4. The number of fused-ring (bicyclic) bond motifs is 1. The molecule has 0 unspecified atom stereocenters. The second-order valence-electron chi connectivity index (χ2n) is 7.90. The van der Waals surface area contributed by atoms with Crippen LogP contribution in [0.1, 0.15) is 36.8 Å². The Morgan fingerprint density at radius 3 is 2.48 bits per heavy atom. The lowest BCUT2D eigenvalue weighted by Crippen LogP contribution is -2.36. The van der Waals surface area contributed by atoms with Gasteiger partial charge in [0.05, 0.1) is 11.5 Å². The quantitative estimate of drug-likeness (QED) is 0.649. The van der Waals surface area contributed by atoms with Crippen LogP contribution in [0.4, 0.5) is 0 Å². The summed E-state index contributed by atoms with van der Waals surface area (Å²) in [6, 6.07) is 14.7. The number of ether oxygens (including phenoxy) is 1. The normalized spacial score (nSPS) is 18.3. The molecule has 29 heavy (non-hydrogen) atoms. The Kier molecular flexibility index (Phi) is 6.53. The van der Waals surface area contributed by atoms with Gasteiger partial charge in [-0.05, 0) is 68.1 Å². The summed E-state index contributed by atoms with van der Waals surface area (Å²) in [5.41, 5.74) is 2.20. The predicted octanol–water partition coefficient (Wildman–Crippen LogP) is 3.69. The van der Waals surface area contributed by atoms with Gasteiger partial charge in [-0.1, -0.05) is 36.8 Å². The van der Waals surface area contributed by atoms with Gasteiger partial charge >= 0.3 is 0 Å². The lowest BCUT2D eigenvalue weighted by molar-refractivity contribution is 0.204. The summed E-state index contributed by atoms with van der Waals surface area (Å²) in [5, 5.41) is 0. The van der Waals surface area contributed by atoms with Crippen LogP contribution in [0.2, 0.25) is 0 Å². The van der Waals surface area contributed by atoms with E-state index in [1.807, 2.05) is 24.3 Å². The highest BCUT2D eigenvalue weighted by Crippen LogP contribution is 2.30. The van der Waals surface area contributed by atoms with Crippen LogP contribution >= 0.6 is 0 Å². The average Bonchev–Trinajstić information content (AvgIpc) is 2.77. The molecule has 0 radical (unpaired) electrons. The Bertz CT molecular complexity index is 909. The zero-order valence-corrected chi connectivity index (χ0v) is 17.7. The van der Waals surface area contributed by atoms with Crippen molar-refractivity contribution in [1.29, 1.82) is 0 Å². The van der Waals surface area contributed by atoms with Crippen LogP contribution in [0.25, 0.3) is 0 Å². The van der Waals surface area contributed by atoms with E-state index in [4.69, 9.17) is 4.74 Å². The van der Waals surface area contributed by atoms with Crippen LogP contribution in [0.5, 0.6) is 5.75 Å². The van der Waals surface area contributed by atoms with Crippen LogP contribution < -0.4 is 4.74 Å². The highest BCUT2D eigenvalue weighted by molar-refractivity contribution is 7.89. The van der Waals surface area contributed by atoms with Gasteiger partial charge in [-0.15, -0.1) is 0 Å². The van der Waals surface area contributed by atoms with E-state index in [0.29, 0.717) is 31.0 Å². The van der Waals surface area contributed by atoms with Gasteiger partial charge < -0.3 is 9.64 Å². The maximum Gasteiger partial charge on any atom is 0.243 e. The minimum Gasteiger partial charge on any atom is -0.493 e. The van der Waals surface area contributed by atoms with Crippen LogP contribution in [0.3, 0.4) is 0 Å². The SMILES string of the molecule is O=S(=O)(c1ccccc1)N1CCc2c(cccc2OCCCN2CCCCC2)C1. The Morgan fingerprint density at radius 2 is 1.69 bits per heavy atom. The monoisotopic (exact) mass is 414 g/mol. The molecule has 5 nitrogen and oxygen atoms in total. The van der Waals surface area contributed by atoms with E-state index in [2.05, 4.69) is 4.90 Å².